The van der Waals surface area contributed by atoms with Gasteiger partial charge in [0.1, 0.15) is 0 Å². The number of aromatic amines is 1. The standard InChI is InChI=1S/C16H12ClN3O2S2/c1-9-8-23-16(19-9)20-14-7-11(4-5-18-14)24-13-6-10(15(21)22)2-3-12(13)17/h2-8H,1H3,(H,21,22)(H,18,19,20)/p+1. The topological polar surface area (TPSA) is 76.4 Å². The molecule has 0 radical (unpaired) electrons. The van der Waals surface area contributed by atoms with Crippen LogP contribution < -0.4 is 10.3 Å². The maximum absolute atomic E-state index is 11.1. The maximum atomic E-state index is 11.1. The van der Waals surface area contributed by atoms with Crippen LogP contribution in [0, 0.1) is 6.92 Å². The number of rotatable bonds is 5. The van der Waals surface area contributed by atoms with E-state index in [9.17, 15) is 4.79 Å². The number of pyridine rings is 1. The van der Waals surface area contributed by atoms with Crippen molar-refractivity contribution in [3.05, 3.63) is 58.2 Å². The molecule has 3 N–H and O–H groups in total. The number of aromatic carboxylic acids is 1. The van der Waals surface area contributed by atoms with Crippen LogP contribution in [0.2, 0.25) is 5.02 Å². The van der Waals surface area contributed by atoms with Gasteiger partial charge in [-0.1, -0.05) is 34.7 Å². The summed E-state index contributed by atoms with van der Waals surface area (Å²) >= 11 is 9.11. The van der Waals surface area contributed by atoms with Gasteiger partial charge < -0.3 is 5.11 Å². The van der Waals surface area contributed by atoms with Gasteiger partial charge in [0, 0.05) is 21.2 Å². The Hall–Kier alpha value is -2.09. The van der Waals surface area contributed by atoms with Crippen molar-refractivity contribution in [2.75, 3.05) is 5.32 Å². The fourth-order valence-electron chi connectivity index (χ4n) is 1.95. The highest BCUT2D eigenvalue weighted by Crippen LogP contribution is 2.34. The van der Waals surface area contributed by atoms with Gasteiger partial charge in [0.2, 0.25) is 0 Å². The number of aryl methyl sites for hydroxylation is 1. The lowest BCUT2D eigenvalue weighted by Crippen LogP contribution is -2.08. The molecule has 0 saturated carbocycles. The molecule has 8 heteroatoms. The molecule has 5 nitrogen and oxygen atoms in total. The summed E-state index contributed by atoms with van der Waals surface area (Å²) < 4.78 is 0. The average molecular weight is 379 g/mol. The summed E-state index contributed by atoms with van der Waals surface area (Å²) in [5, 5.41) is 15.6. The Morgan fingerprint density at radius 1 is 1.38 bits per heavy atom. The van der Waals surface area contributed by atoms with E-state index in [0.717, 1.165) is 21.5 Å². The van der Waals surface area contributed by atoms with Crippen molar-refractivity contribution in [3.63, 3.8) is 0 Å². The fraction of sp³-hybridized carbons (Fsp3) is 0.0625. The Morgan fingerprint density at radius 2 is 2.21 bits per heavy atom. The van der Waals surface area contributed by atoms with Crippen LogP contribution in [0.25, 0.3) is 0 Å². The van der Waals surface area contributed by atoms with E-state index in [0.29, 0.717) is 9.92 Å². The second kappa shape index (κ2) is 7.21. The quantitative estimate of drug-likeness (QED) is 0.683. The number of carboxylic acids is 1. The number of nitrogens with zero attached hydrogens (tertiary/aromatic N) is 1. The molecule has 0 atom stereocenters. The Balaban J connectivity index is 1.82. The van der Waals surface area contributed by atoms with Gasteiger partial charge in [-0.2, -0.15) is 0 Å². The molecule has 1 aromatic carbocycles. The minimum Gasteiger partial charge on any atom is -0.478 e. The number of halogens is 1. The fourth-order valence-corrected chi connectivity index (χ4v) is 3.80. The number of anilines is 2. The summed E-state index contributed by atoms with van der Waals surface area (Å²) in [6.45, 7) is 1.94. The highest BCUT2D eigenvalue weighted by atomic mass is 35.5. The third-order valence-corrected chi connectivity index (χ3v) is 5.40. The maximum Gasteiger partial charge on any atom is 0.335 e. The number of hydrogen-bond donors (Lipinski definition) is 2. The molecule has 0 amide bonds. The number of aromatic nitrogens is 2. The van der Waals surface area contributed by atoms with Gasteiger partial charge >= 0.3 is 5.97 Å². The third-order valence-electron chi connectivity index (χ3n) is 3.04. The van der Waals surface area contributed by atoms with Crippen LogP contribution in [0.1, 0.15) is 16.1 Å². The Kier molecular flexibility index (Phi) is 5.03. The lowest BCUT2D eigenvalue weighted by atomic mass is 10.2. The van der Waals surface area contributed by atoms with E-state index in [1.54, 1.807) is 18.3 Å². The van der Waals surface area contributed by atoms with E-state index < -0.39 is 5.97 Å². The van der Waals surface area contributed by atoms with Gasteiger partial charge in [-0.05, 0) is 31.2 Å². The molecule has 0 spiro atoms. The first-order valence-corrected chi connectivity index (χ1v) is 9.00. The van der Waals surface area contributed by atoms with Crippen LogP contribution in [-0.2, 0) is 0 Å². The molecule has 3 rings (SSSR count). The molecule has 3 aromatic rings. The smallest absolute Gasteiger partial charge is 0.335 e. The highest BCUT2D eigenvalue weighted by Gasteiger charge is 2.12. The minimum atomic E-state index is -0.976. The van der Waals surface area contributed by atoms with Gasteiger partial charge in [-0.25, -0.2) is 20.1 Å². The molecule has 2 heterocycles. The summed E-state index contributed by atoms with van der Waals surface area (Å²) in [6.07, 6.45) is 1.81. The number of hydrogen-bond acceptors (Lipinski definition) is 5. The molecule has 0 saturated heterocycles. The van der Waals surface area contributed by atoms with Gasteiger partial charge in [-0.15, -0.1) is 0 Å². The molecule has 0 aliphatic heterocycles. The van der Waals surface area contributed by atoms with Gasteiger partial charge in [0.15, 0.2) is 0 Å². The van der Waals surface area contributed by atoms with Crippen LogP contribution in [-0.4, -0.2) is 16.1 Å². The second-order valence-electron chi connectivity index (χ2n) is 4.91. The summed E-state index contributed by atoms with van der Waals surface area (Å²) in [5.74, 6) is -0.184. The second-order valence-corrected chi connectivity index (χ2v) is 7.29. The van der Waals surface area contributed by atoms with Crippen LogP contribution in [0.5, 0.6) is 0 Å². The number of benzene rings is 1. The number of thiazole rings is 1. The molecular weight excluding hydrogens is 366 g/mol. The van der Waals surface area contributed by atoms with Crippen LogP contribution >= 0.6 is 34.7 Å². The number of nitrogens with one attached hydrogen (secondary N) is 2. The summed E-state index contributed by atoms with van der Waals surface area (Å²) in [5.41, 5.74) is 1.17. The summed E-state index contributed by atoms with van der Waals surface area (Å²) in [4.78, 5) is 20.2. The zero-order chi connectivity index (χ0) is 17.1. The van der Waals surface area contributed by atoms with Crippen molar-refractivity contribution in [3.8, 4) is 0 Å². The molecule has 24 heavy (non-hydrogen) atoms. The molecule has 2 aromatic heterocycles. The van der Waals surface area contributed by atoms with E-state index in [2.05, 4.69) is 15.3 Å². The van der Waals surface area contributed by atoms with Crippen molar-refractivity contribution in [1.82, 2.24) is 4.98 Å². The van der Waals surface area contributed by atoms with E-state index >= 15 is 0 Å². The van der Waals surface area contributed by atoms with Gasteiger partial charge in [-0.3, -0.25) is 0 Å². The van der Waals surface area contributed by atoms with Gasteiger partial charge in [0.05, 0.1) is 22.5 Å². The zero-order valence-electron chi connectivity index (χ0n) is 12.5. The predicted octanol–water partition coefficient (Wildman–Crippen LogP) is 4.51. The highest BCUT2D eigenvalue weighted by molar-refractivity contribution is 7.99. The monoisotopic (exact) mass is 378 g/mol. The number of carbonyl (C=O) groups is 1. The van der Waals surface area contributed by atoms with Crippen molar-refractivity contribution in [2.24, 2.45) is 0 Å². The molecule has 0 aliphatic carbocycles. The normalized spacial score (nSPS) is 10.6. The SMILES string of the molecule is Cc1csc(Nc2cc(Sc3cc(C(=O)O)ccc3Cl)cc[nH+]2)n1. The Morgan fingerprint density at radius 3 is 2.92 bits per heavy atom. The van der Waals surface area contributed by atoms with Crippen molar-refractivity contribution in [1.29, 1.82) is 0 Å². The van der Waals surface area contributed by atoms with Crippen molar-refractivity contribution >= 4 is 51.6 Å². The molecule has 0 aliphatic rings. The summed E-state index contributed by atoms with van der Waals surface area (Å²) in [6, 6.07) is 8.48. The number of H-pyrrole nitrogens is 1. The molecule has 0 unspecified atom stereocenters. The largest absolute Gasteiger partial charge is 0.478 e. The van der Waals surface area contributed by atoms with E-state index in [1.807, 2.05) is 24.4 Å². The van der Waals surface area contributed by atoms with Gasteiger partial charge in [0.25, 0.3) is 10.9 Å². The van der Waals surface area contributed by atoms with Crippen molar-refractivity contribution < 1.29 is 14.9 Å². The molecule has 0 fully saturated rings. The number of carboxylic acid groups (broad SMARTS) is 1. The van der Waals surface area contributed by atoms with E-state index in [-0.39, 0.29) is 5.56 Å². The van der Waals surface area contributed by atoms with E-state index in [1.165, 1.54) is 29.2 Å². The molecule has 122 valence electrons. The van der Waals surface area contributed by atoms with Crippen LogP contribution in [0.15, 0.2) is 51.7 Å². The average Bonchev–Trinajstić information content (AvgIpc) is 2.94. The lowest BCUT2D eigenvalue weighted by Gasteiger charge is -2.05. The third kappa shape index (κ3) is 4.05. The predicted molar refractivity (Wildman–Crippen MR) is 95.7 cm³/mol. The van der Waals surface area contributed by atoms with Crippen molar-refractivity contribution in [2.45, 2.75) is 16.7 Å². The first kappa shape index (κ1) is 16.8. The van der Waals surface area contributed by atoms with Crippen LogP contribution in [0.3, 0.4) is 0 Å². The Labute approximate surface area is 151 Å². The lowest BCUT2D eigenvalue weighted by molar-refractivity contribution is -0.361. The first-order chi connectivity index (χ1) is 11.5. The van der Waals surface area contributed by atoms with Crippen LogP contribution in [0.4, 0.5) is 10.9 Å². The van der Waals surface area contributed by atoms with E-state index in [4.69, 9.17) is 16.7 Å². The molecular formula is C16H13ClN3O2S2+. The summed E-state index contributed by atoms with van der Waals surface area (Å²) in [7, 11) is 0. The Bertz CT molecular complexity index is 899. The zero-order valence-corrected chi connectivity index (χ0v) is 14.9. The first-order valence-electron chi connectivity index (χ1n) is 6.93. The molecule has 0 bridgehead atoms. The minimum absolute atomic E-state index is 0.209.